The maximum atomic E-state index is 14.6. The molecule has 0 aliphatic heterocycles. The van der Waals surface area contributed by atoms with Crippen molar-refractivity contribution < 1.29 is 17.6 Å². The zero-order valence-corrected chi connectivity index (χ0v) is 18.4. The van der Waals surface area contributed by atoms with Crippen LogP contribution in [-0.4, -0.2) is 5.16 Å². The summed E-state index contributed by atoms with van der Waals surface area (Å²) in [6.07, 6.45) is 2.99. The van der Waals surface area contributed by atoms with Crippen LogP contribution in [0.1, 0.15) is 42.9 Å². The fourth-order valence-electron chi connectivity index (χ4n) is 2.99. The highest BCUT2D eigenvalue weighted by Gasteiger charge is 2.18. The Balaban J connectivity index is 1.85. The van der Waals surface area contributed by atoms with Crippen LogP contribution < -0.4 is 0 Å². The average Bonchev–Trinajstić information content (AvgIpc) is 2.78. The Kier molecular flexibility index (Phi) is 8.17. The third-order valence-electron chi connectivity index (χ3n) is 4.63. The number of benzene rings is 3. The van der Waals surface area contributed by atoms with Gasteiger partial charge in [-0.2, -0.15) is 4.99 Å². The summed E-state index contributed by atoms with van der Waals surface area (Å²) in [4.78, 5) is 3.28. The third kappa shape index (κ3) is 6.18. The lowest BCUT2D eigenvalue weighted by Crippen LogP contribution is -1.95. The number of nitrogens with zero attached hydrogens (tertiary/aromatic N) is 1. The minimum atomic E-state index is -1.11. The number of hydrogen-bond acceptors (Lipinski definition) is 2. The molecule has 0 heterocycles. The molecule has 164 valence electrons. The molecule has 0 fully saturated rings. The highest BCUT2D eigenvalue weighted by Crippen LogP contribution is 2.32. The van der Waals surface area contributed by atoms with Gasteiger partial charge in [-0.15, -0.1) is 0 Å². The van der Waals surface area contributed by atoms with Crippen molar-refractivity contribution >= 4 is 23.1 Å². The van der Waals surface area contributed by atoms with E-state index in [-0.39, 0.29) is 11.1 Å². The number of unbranched alkanes of at least 4 members (excludes halogenated alkanes) is 2. The van der Waals surface area contributed by atoms with Crippen LogP contribution in [-0.2, 0) is 0 Å². The van der Waals surface area contributed by atoms with Crippen LogP contribution in [0, 0.1) is 47.0 Å². The second kappa shape index (κ2) is 11.2. The minimum absolute atomic E-state index is 0.0834. The molecule has 0 N–H and O–H groups in total. The number of rotatable bonds is 4. The maximum absolute atomic E-state index is 14.6. The van der Waals surface area contributed by atoms with Crippen LogP contribution in [0.25, 0.3) is 11.1 Å². The van der Waals surface area contributed by atoms with Crippen molar-refractivity contribution in [3.05, 3.63) is 88.5 Å². The molecule has 0 radical (unpaired) electrons. The molecular formula is C27H17F4NS. The van der Waals surface area contributed by atoms with Gasteiger partial charge in [0.1, 0.15) is 17.3 Å². The van der Waals surface area contributed by atoms with Gasteiger partial charge in [0.05, 0.1) is 10.7 Å². The van der Waals surface area contributed by atoms with Crippen LogP contribution in [0.2, 0.25) is 0 Å². The highest BCUT2D eigenvalue weighted by molar-refractivity contribution is 7.78. The van der Waals surface area contributed by atoms with Gasteiger partial charge in [-0.05, 0) is 72.7 Å². The fourth-order valence-corrected chi connectivity index (χ4v) is 3.09. The number of hydrogen-bond donors (Lipinski definition) is 0. The summed E-state index contributed by atoms with van der Waals surface area (Å²) < 4.78 is 57.4. The quantitative estimate of drug-likeness (QED) is 0.128. The molecule has 6 heteroatoms. The fraction of sp³-hybridized carbons (Fsp3) is 0.148. The number of aliphatic imine (C=N–C) groups is 1. The molecule has 1 nitrogen and oxygen atoms in total. The molecule has 0 saturated heterocycles. The van der Waals surface area contributed by atoms with E-state index in [4.69, 9.17) is 0 Å². The summed E-state index contributed by atoms with van der Waals surface area (Å²) in [6.45, 7) is 2.11. The van der Waals surface area contributed by atoms with Gasteiger partial charge in [-0.3, -0.25) is 0 Å². The highest BCUT2D eigenvalue weighted by atomic mass is 32.1. The first-order valence-corrected chi connectivity index (χ1v) is 10.5. The molecule has 0 saturated carbocycles. The van der Waals surface area contributed by atoms with Gasteiger partial charge in [0.2, 0.25) is 0 Å². The van der Waals surface area contributed by atoms with E-state index < -0.39 is 34.5 Å². The van der Waals surface area contributed by atoms with Crippen molar-refractivity contribution in [2.75, 3.05) is 0 Å². The SMILES string of the molecule is CCCCC#Cc1ccc(C#Cc2cc(F)c(-c3cc(F)c(N=C=S)c(F)c3)c(F)c2)cc1. The molecular weight excluding hydrogens is 446 g/mol. The van der Waals surface area contributed by atoms with Crippen molar-refractivity contribution in [3.8, 4) is 34.8 Å². The van der Waals surface area contributed by atoms with Gasteiger partial charge in [0, 0.05) is 23.1 Å². The predicted molar refractivity (Wildman–Crippen MR) is 125 cm³/mol. The van der Waals surface area contributed by atoms with E-state index in [0.717, 1.165) is 49.1 Å². The van der Waals surface area contributed by atoms with E-state index in [1.54, 1.807) is 12.1 Å². The first kappa shape index (κ1) is 24.0. The minimum Gasteiger partial charge on any atom is -0.206 e. The molecule has 3 aromatic rings. The summed E-state index contributed by atoms with van der Waals surface area (Å²) in [5.41, 5.74) is 0.0495. The van der Waals surface area contributed by atoms with Crippen molar-refractivity contribution in [1.82, 2.24) is 0 Å². The van der Waals surface area contributed by atoms with E-state index >= 15 is 0 Å². The topological polar surface area (TPSA) is 12.4 Å². The van der Waals surface area contributed by atoms with Crippen LogP contribution in [0.15, 0.2) is 53.5 Å². The molecule has 0 bridgehead atoms. The summed E-state index contributed by atoms with van der Waals surface area (Å²) in [7, 11) is 0. The summed E-state index contributed by atoms with van der Waals surface area (Å²) >= 11 is 4.34. The molecule has 0 amide bonds. The van der Waals surface area contributed by atoms with E-state index in [0.29, 0.717) is 5.56 Å². The van der Waals surface area contributed by atoms with Crippen molar-refractivity contribution in [2.24, 2.45) is 4.99 Å². The van der Waals surface area contributed by atoms with Gasteiger partial charge in [-0.1, -0.05) is 37.0 Å². The van der Waals surface area contributed by atoms with E-state index in [1.165, 1.54) is 0 Å². The molecule has 3 rings (SSSR count). The lowest BCUT2D eigenvalue weighted by molar-refractivity contribution is 0.580. The van der Waals surface area contributed by atoms with Crippen LogP contribution in [0.5, 0.6) is 0 Å². The largest absolute Gasteiger partial charge is 0.206 e. The zero-order valence-electron chi connectivity index (χ0n) is 17.6. The summed E-state index contributed by atoms with van der Waals surface area (Å²) in [6, 6.07) is 10.8. The smallest absolute Gasteiger partial charge is 0.153 e. The van der Waals surface area contributed by atoms with Gasteiger partial charge < -0.3 is 0 Å². The standard InChI is InChI=1S/C27H17F4NS/c1-2-3-4-5-6-18-7-9-19(10-8-18)11-12-20-13-22(28)26(23(29)14-20)21-15-24(30)27(32-17-33)25(31)16-21/h7-10,13-16H,2-4H2,1H3. The lowest BCUT2D eigenvalue weighted by Gasteiger charge is -2.08. The predicted octanol–water partition coefficient (Wildman–Crippen LogP) is 7.59. The molecule has 0 spiro atoms. The Hall–Kier alpha value is -3.70. The van der Waals surface area contributed by atoms with Crippen LogP contribution in [0.4, 0.5) is 23.2 Å². The number of isothiocyanates is 1. The summed E-state index contributed by atoms with van der Waals surface area (Å²) in [5.74, 6) is 7.49. The Morgan fingerprint density at radius 1 is 0.758 bits per heavy atom. The van der Waals surface area contributed by atoms with Crippen LogP contribution >= 0.6 is 12.2 Å². The van der Waals surface area contributed by atoms with E-state index in [9.17, 15) is 17.6 Å². The Morgan fingerprint density at radius 3 is 1.85 bits per heavy atom. The Morgan fingerprint density at radius 2 is 1.30 bits per heavy atom. The third-order valence-corrected chi connectivity index (χ3v) is 4.72. The molecule has 0 aromatic heterocycles. The van der Waals surface area contributed by atoms with E-state index in [2.05, 4.69) is 47.8 Å². The van der Waals surface area contributed by atoms with Gasteiger partial charge in [0.25, 0.3) is 0 Å². The lowest BCUT2D eigenvalue weighted by atomic mass is 10.0. The normalized spacial score (nSPS) is 9.85. The zero-order chi connectivity index (χ0) is 23.8. The molecule has 33 heavy (non-hydrogen) atoms. The number of thiocarbonyl (C=S) groups is 1. The van der Waals surface area contributed by atoms with Crippen LogP contribution in [0.3, 0.4) is 0 Å². The molecule has 0 unspecified atom stereocenters. The second-order valence-corrected chi connectivity index (χ2v) is 7.22. The second-order valence-electron chi connectivity index (χ2n) is 7.04. The Labute approximate surface area is 195 Å². The average molecular weight is 463 g/mol. The monoisotopic (exact) mass is 463 g/mol. The molecule has 3 aromatic carbocycles. The first-order valence-electron chi connectivity index (χ1n) is 10.1. The van der Waals surface area contributed by atoms with Gasteiger partial charge in [-0.25, -0.2) is 17.6 Å². The summed E-state index contributed by atoms with van der Waals surface area (Å²) in [5, 5.41) is 1.86. The molecule has 0 aliphatic rings. The maximum Gasteiger partial charge on any atom is 0.153 e. The Bertz CT molecular complexity index is 1300. The number of halogens is 4. The molecule has 0 aliphatic carbocycles. The van der Waals surface area contributed by atoms with Gasteiger partial charge in [0.15, 0.2) is 11.6 Å². The molecule has 0 atom stereocenters. The van der Waals surface area contributed by atoms with Crippen molar-refractivity contribution in [2.45, 2.75) is 26.2 Å². The van der Waals surface area contributed by atoms with Crippen molar-refractivity contribution in [3.63, 3.8) is 0 Å². The van der Waals surface area contributed by atoms with Gasteiger partial charge >= 0.3 is 0 Å². The van der Waals surface area contributed by atoms with Crippen molar-refractivity contribution in [1.29, 1.82) is 0 Å². The van der Waals surface area contributed by atoms with E-state index in [1.807, 2.05) is 17.3 Å². The first-order chi connectivity index (χ1) is 15.9.